The van der Waals surface area contributed by atoms with Crippen molar-refractivity contribution >= 4 is 34.3 Å². The quantitative estimate of drug-likeness (QED) is 0.196. The lowest BCUT2D eigenvalue weighted by atomic mass is 10.1. The molecule has 0 spiro atoms. The number of hydrogen-bond acceptors (Lipinski definition) is 8. The van der Waals surface area contributed by atoms with Crippen LogP contribution in [0, 0.1) is 0 Å². The molecule has 0 radical (unpaired) electrons. The number of pyridine rings is 1. The summed E-state index contributed by atoms with van der Waals surface area (Å²) >= 11 is 5.23. The van der Waals surface area contributed by atoms with Crippen molar-refractivity contribution in [1.82, 2.24) is 20.3 Å². The van der Waals surface area contributed by atoms with Gasteiger partial charge in [-0.05, 0) is 48.6 Å². The lowest BCUT2D eigenvalue weighted by Gasteiger charge is -2.09. The molecule has 0 saturated carbocycles. The second-order valence-corrected chi connectivity index (χ2v) is 7.15. The third-order valence-electron chi connectivity index (χ3n) is 4.31. The van der Waals surface area contributed by atoms with Crippen LogP contribution in [0.25, 0.3) is 22.4 Å². The zero-order chi connectivity index (χ0) is 23.3. The van der Waals surface area contributed by atoms with Crippen LogP contribution < -0.4 is 15.4 Å². The van der Waals surface area contributed by atoms with Gasteiger partial charge >= 0.3 is 0 Å². The average Bonchev–Trinajstić information content (AvgIpc) is 2.84. The van der Waals surface area contributed by atoms with Gasteiger partial charge in [0.2, 0.25) is 0 Å². The van der Waals surface area contributed by atoms with Gasteiger partial charge in [-0.1, -0.05) is 6.08 Å². The van der Waals surface area contributed by atoms with E-state index in [1.54, 1.807) is 18.3 Å². The molecule has 10 heteroatoms. The van der Waals surface area contributed by atoms with E-state index in [9.17, 15) is 0 Å². The van der Waals surface area contributed by atoms with Gasteiger partial charge in [-0.25, -0.2) is 9.97 Å². The zero-order valence-electron chi connectivity index (χ0n) is 18.2. The summed E-state index contributed by atoms with van der Waals surface area (Å²) in [6, 6.07) is 11.2. The summed E-state index contributed by atoms with van der Waals surface area (Å²) in [5.41, 5.74) is 2.81. The predicted octanol–water partition coefficient (Wildman–Crippen LogP) is 2.57. The second kappa shape index (κ2) is 13.4. The summed E-state index contributed by atoms with van der Waals surface area (Å²) in [4.78, 5) is 13.6. The van der Waals surface area contributed by atoms with Crippen molar-refractivity contribution in [2.45, 2.75) is 0 Å². The van der Waals surface area contributed by atoms with Gasteiger partial charge in [0.15, 0.2) is 10.8 Å². The topological polar surface area (TPSA) is 111 Å². The van der Waals surface area contributed by atoms with Crippen molar-refractivity contribution in [2.24, 2.45) is 0 Å². The smallest absolute Gasteiger partial charge is 0.180 e. The van der Waals surface area contributed by atoms with Gasteiger partial charge in [0.25, 0.3) is 0 Å². The molecule has 2 aromatic heterocycles. The number of benzene rings is 1. The number of hydrogen-bond donors (Lipinski definition) is 3. The van der Waals surface area contributed by atoms with Gasteiger partial charge in [0, 0.05) is 12.1 Å². The average molecular weight is 470 g/mol. The third-order valence-corrected chi connectivity index (χ3v) is 4.56. The molecule has 2 heterocycles. The summed E-state index contributed by atoms with van der Waals surface area (Å²) < 4.78 is 16.2. The van der Waals surface area contributed by atoms with Crippen LogP contribution in [0.5, 0.6) is 5.75 Å². The van der Waals surface area contributed by atoms with Gasteiger partial charge in [-0.2, -0.15) is 0 Å². The number of nitrogens with zero attached hydrogens (tertiary/aromatic N) is 3. The van der Waals surface area contributed by atoms with Gasteiger partial charge in [-0.3, -0.25) is 4.98 Å². The highest BCUT2D eigenvalue weighted by atomic mass is 32.1. The highest BCUT2D eigenvalue weighted by molar-refractivity contribution is 7.80. The maximum atomic E-state index is 8.63. The first kappa shape index (κ1) is 24.5. The monoisotopic (exact) mass is 469 g/mol. The van der Waals surface area contributed by atoms with Crippen molar-refractivity contribution in [2.75, 3.05) is 51.5 Å². The number of anilines is 1. The molecular weight excluding hydrogens is 442 g/mol. The highest BCUT2D eigenvalue weighted by Gasteiger charge is 2.07. The lowest BCUT2D eigenvalue weighted by Crippen LogP contribution is -2.28. The molecule has 3 aromatic rings. The van der Waals surface area contributed by atoms with Crippen LogP contribution in [0.3, 0.4) is 0 Å². The predicted molar refractivity (Wildman–Crippen MR) is 131 cm³/mol. The van der Waals surface area contributed by atoms with Crippen LogP contribution in [-0.4, -0.2) is 71.4 Å². The van der Waals surface area contributed by atoms with E-state index in [2.05, 4.69) is 32.2 Å². The number of aliphatic hydroxyl groups excluding tert-OH is 1. The number of nitrogens with one attached hydrogen (secondary N) is 2. The van der Waals surface area contributed by atoms with Crippen molar-refractivity contribution in [3.05, 3.63) is 55.3 Å². The number of rotatable bonds is 13. The van der Waals surface area contributed by atoms with Crippen molar-refractivity contribution in [3.63, 3.8) is 0 Å². The standard InChI is InChI=1S/C23H27N5O4S/c1-2-9-24-23(33)28-21-8-7-19-22(27-21)26-20(16-25-19)17-3-5-18(6-4-17)32-15-14-31-13-12-30-11-10-29/h2-8,16,29H,1,9-15H2,(H2,24,26,27,28,33). The fourth-order valence-electron chi connectivity index (χ4n) is 2.76. The first-order valence-electron chi connectivity index (χ1n) is 10.5. The van der Waals surface area contributed by atoms with E-state index < -0.39 is 0 Å². The third kappa shape index (κ3) is 8.03. The van der Waals surface area contributed by atoms with E-state index in [1.807, 2.05) is 30.3 Å². The summed E-state index contributed by atoms with van der Waals surface area (Å²) in [7, 11) is 0. The summed E-state index contributed by atoms with van der Waals surface area (Å²) in [5.74, 6) is 1.32. The van der Waals surface area contributed by atoms with E-state index in [4.69, 9.17) is 31.5 Å². The minimum Gasteiger partial charge on any atom is -0.491 e. The van der Waals surface area contributed by atoms with Gasteiger partial charge in [0.05, 0.1) is 44.9 Å². The molecule has 3 N–H and O–H groups in total. The molecule has 0 unspecified atom stereocenters. The Morgan fingerprint density at radius 2 is 1.76 bits per heavy atom. The Hall–Kier alpha value is -3.18. The molecule has 0 atom stereocenters. The van der Waals surface area contributed by atoms with Crippen LogP contribution in [0.15, 0.2) is 55.3 Å². The van der Waals surface area contributed by atoms with E-state index >= 15 is 0 Å². The molecule has 0 aliphatic heterocycles. The first-order valence-corrected chi connectivity index (χ1v) is 10.9. The normalized spacial score (nSPS) is 10.7. The summed E-state index contributed by atoms with van der Waals surface area (Å²) in [6.45, 7) is 6.35. The minimum absolute atomic E-state index is 0.0153. The van der Waals surface area contributed by atoms with Crippen LogP contribution >= 0.6 is 12.2 Å². The van der Waals surface area contributed by atoms with Crippen molar-refractivity contribution in [3.8, 4) is 17.0 Å². The molecule has 9 nitrogen and oxygen atoms in total. The maximum absolute atomic E-state index is 8.63. The number of aliphatic hydroxyl groups is 1. The number of aromatic nitrogens is 3. The largest absolute Gasteiger partial charge is 0.491 e. The molecule has 0 fully saturated rings. The Morgan fingerprint density at radius 3 is 2.52 bits per heavy atom. The van der Waals surface area contributed by atoms with Crippen LogP contribution in [-0.2, 0) is 9.47 Å². The highest BCUT2D eigenvalue weighted by Crippen LogP contribution is 2.22. The Bertz CT molecular complexity index is 1050. The summed E-state index contributed by atoms with van der Waals surface area (Å²) in [5, 5.41) is 15.1. The molecule has 0 saturated heterocycles. The number of thiocarbonyl (C=S) groups is 1. The SMILES string of the molecule is C=CCNC(=S)Nc1ccc2ncc(-c3ccc(OCCOCCOCCO)cc3)nc2n1. The van der Waals surface area contributed by atoms with Gasteiger partial charge < -0.3 is 30.0 Å². The molecular formula is C23H27N5O4S. The van der Waals surface area contributed by atoms with Gasteiger partial charge in [0.1, 0.15) is 23.7 Å². The Labute approximate surface area is 197 Å². The lowest BCUT2D eigenvalue weighted by molar-refractivity contribution is 0.0247. The van der Waals surface area contributed by atoms with E-state index in [0.29, 0.717) is 67.4 Å². The van der Waals surface area contributed by atoms with Gasteiger partial charge in [-0.15, -0.1) is 6.58 Å². The second-order valence-electron chi connectivity index (χ2n) is 6.74. The molecule has 0 bridgehead atoms. The van der Waals surface area contributed by atoms with Crippen molar-refractivity contribution < 1.29 is 19.3 Å². The van der Waals surface area contributed by atoms with E-state index in [0.717, 1.165) is 11.3 Å². The van der Waals surface area contributed by atoms with E-state index in [-0.39, 0.29) is 6.61 Å². The molecule has 33 heavy (non-hydrogen) atoms. The van der Waals surface area contributed by atoms with Crippen molar-refractivity contribution in [1.29, 1.82) is 0 Å². The molecule has 3 rings (SSSR count). The molecule has 0 aliphatic carbocycles. The zero-order valence-corrected chi connectivity index (χ0v) is 19.0. The fraction of sp³-hybridized carbons (Fsp3) is 0.304. The Kier molecular flexibility index (Phi) is 9.92. The van der Waals surface area contributed by atoms with E-state index in [1.165, 1.54) is 0 Å². The van der Waals surface area contributed by atoms with Crippen LogP contribution in [0.4, 0.5) is 5.82 Å². The Morgan fingerprint density at radius 1 is 1.00 bits per heavy atom. The molecule has 174 valence electrons. The first-order chi connectivity index (χ1) is 16.2. The maximum Gasteiger partial charge on any atom is 0.180 e. The molecule has 1 aromatic carbocycles. The minimum atomic E-state index is 0.0153. The Balaban J connectivity index is 1.55. The van der Waals surface area contributed by atoms with Crippen LogP contribution in [0.2, 0.25) is 0 Å². The molecule has 0 amide bonds. The molecule has 0 aliphatic rings. The fourth-order valence-corrected chi connectivity index (χ4v) is 2.95. The van der Waals surface area contributed by atoms with Crippen LogP contribution in [0.1, 0.15) is 0 Å². The number of ether oxygens (including phenoxy) is 3. The summed E-state index contributed by atoms with van der Waals surface area (Å²) in [6.07, 6.45) is 3.44. The number of fused-ring (bicyclic) bond motifs is 1.